The molecule has 0 aromatic heterocycles. The molecular formula is C12H22N2O5S. The van der Waals surface area contributed by atoms with Gasteiger partial charge in [-0.05, 0) is 12.8 Å². The van der Waals surface area contributed by atoms with Crippen molar-refractivity contribution in [3.8, 4) is 0 Å². The molecule has 0 aromatic carbocycles. The highest BCUT2D eigenvalue weighted by molar-refractivity contribution is 7.91. The Hall–Kier alpha value is -1.31. The number of hydrogen-bond acceptors (Lipinski definition) is 4. The first-order valence-electron chi connectivity index (χ1n) is 6.78. The van der Waals surface area contributed by atoms with Gasteiger partial charge in [0, 0.05) is 12.6 Å². The second-order valence-electron chi connectivity index (χ2n) is 5.02. The molecule has 1 heterocycles. The molecule has 0 bridgehead atoms. The number of rotatable bonds is 5. The molecule has 1 aliphatic rings. The van der Waals surface area contributed by atoms with Crippen LogP contribution in [0.25, 0.3) is 0 Å². The summed E-state index contributed by atoms with van der Waals surface area (Å²) in [5.41, 5.74) is 0. The zero-order chi connectivity index (χ0) is 15.3. The number of carboxylic acid groups (broad SMARTS) is 1. The number of hydrogen-bond donors (Lipinski definition) is 2. The van der Waals surface area contributed by atoms with E-state index in [0.29, 0.717) is 0 Å². The maximum absolute atomic E-state index is 12.2. The minimum atomic E-state index is -3.27. The summed E-state index contributed by atoms with van der Waals surface area (Å²) >= 11 is 0. The second kappa shape index (κ2) is 6.92. The zero-order valence-corrected chi connectivity index (χ0v) is 12.6. The SMILES string of the molecule is CCC(CC)NC(=O)N1CCS(=O)(=O)CC1CC(=O)O. The van der Waals surface area contributed by atoms with Crippen molar-refractivity contribution in [3.05, 3.63) is 0 Å². The third-order valence-electron chi connectivity index (χ3n) is 3.51. The standard InChI is InChI=1S/C12H22N2O5S/c1-3-9(4-2)13-12(17)14-5-6-20(18,19)8-10(14)7-11(15)16/h9-10H,3-8H2,1-2H3,(H,13,17)(H,15,16). The van der Waals surface area contributed by atoms with Crippen LogP contribution in [0.4, 0.5) is 4.79 Å². The van der Waals surface area contributed by atoms with Gasteiger partial charge in [0.15, 0.2) is 9.84 Å². The summed E-state index contributed by atoms with van der Waals surface area (Å²) in [7, 11) is -3.27. The van der Waals surface area contributed by atoms with E-state index in [1.807, 2.05) is 13.8 Å². The number of urea groups is 1. The monoisotopic (exact) mass is 306 g/mol. The topological polar surface area (TPSA) is 104 Å². The van der Waals surface area contributed by atoms with Crippen molar-refractivity contribution in [2.24, 2.45) is 0 Å². The van der Waals surface area contributed by atoms with E-state index in [2.05, 4.69) is 5.32 Å². The first kappa shape index (κ1) is 16.7. The van der Waals surface area contributed by atoms with Crippen LogP contribution in [0.15, 0.2) is 0 Å². The summed E-state index contributed by atoms with van der Waals surface area (Å²) in [6, 6.07) is -1.15. The zero-order valence-electron chi connectivity index (χ0n) is 11.8. The van der Waals surface area contributed by atoms with Crippen LogP contribution in [0.3, 0.4) is 0 Å². The Bertz CT molecular complexity index is 458. The van der Waals surface area contributed by atoms with Crippen LogP contribution in [0.5, 0.6) is 0 Å². The van der Waals surface area contributed by atoms with Gasteiger partial charge in [0.2, 0.25) is 0 Å². The van der Waals surface area contributed by atoms with Crippen molar-refractivity contribution in [1.82, 2.24) is 10.2 Å². The maximum atomic E-state index is 12.2. The number of carboxylic acids is 1. The van der Waals surface area contributed by atoms with Crippen molar-refractivity contribution in [1.29, 1.82) is 0 Å². The van der Waals surface area contributed by atoms with E-state index in [1.54, 1.807) is 0 Å². The van der Waals surface area contributed by atoms with E-state index in [1.165, 1.54) is 4.90 Å². The van der Waals surface area contributed by atoms with Crippen LogP contribution in [-0.2, 0) is 14.6 Å². The first-order chi connectivity index (χ1) is 9.29. The molecular weight excluding hydrogens is 284 g/mol. The van der Waals surface area contributed by atoms with Gasteiger partial charge in [0.05, 0.1) is 24.0 Å². The Morgan fingerprint density at radius 3 is 2.45 bits per heavy atom. The van der Waals surface area contributed by atoms with Gasteiger partial charge in [-0.15, -0.1) is 0 Å². The van der Waals surface area contributed by atoms with E-state index < -0.39 is 21.8 Å². The normalized spacial score (nSPS) is 21.8. The van der Waals surface area contributed by atoms with Crippen LogP contribution in [0, 0.1) is 0 Å². The van der Waals surface area contributed by atoms with Crippen LogP contribution >= 0.6 is 0 Å². The average Bonchev–Trinajstić information content (AvgIpc) is 2.34. The smallest absolute Gasteiger partial charge is 0.317 e. The van der Waals surface area contributed by atoms with Gasteiger partial charge in [-0.3, -0.25) is 4.79 Å². The number of nitrogens with one attached hydrogen (secondary N) is 1. The Balaban J connectivity index is 2.79. The number of amides is 2. The van der Waals surface area contributed by atoms with E-state index in [4.69, 9.17) is 5.11 Å². The van der Waals surface area contributed by atoms with E-state index >= 15 is 0 Å². The molecule has 2 amide bonds. The molecule has 2 N–H and O–H groups in total. The van der Waals surface area contributed by atoms with Crippen LogP contribution in [-0.4, -0.2) is 60.6 Å². The lowest BCUT2D eigenvalue weighted by Gasteiger charge is -2.35. The second-order valence-corrected chi connectivity index (χ2v) is 7.25. The van der Waals surface area contributed by atoms with Gasteiger partial charge in [-0.25, -0.2) is 13.2 Å². The summed E-state index contributed by atoms with van der Waals surface area (Å²) in [5.74, 6) is -1.50. The fourth-order valence-corrected chi connectivity index (χ4v) is 3.80. The molecule has 0 radical (unpaired) electrons. The van der Waals surface area contributed by atoms with E-state index in [0.717, 1.165) is 12.8 Å². The number of carbonyl (C=O) groups is 2. The summed E-state index contributed by atoms with van der Waals surface area (Å²) in [6.45, 7) is 3.94. The Morgan fingerprint density at radius 2 is 1.95 bits per heavy atom. The molecule has 1 fully saturated rings. The number of nitrogens with zero attached hydrogens (tertiary/aromatic N) is 1. The highest BCUT2D eigenvalue weighted by Gasteiger charge is 2.35. The highest BCUT2D eigenvalue weighted by Crippen LogP contribution is 2.15. The van der Waals surface area contributed by atoms with Crippen molar-refractivity contribution in [2.75, 3.05) is 18.1 Å². The Kier molecular flexibility index (Phi) is 5.79. The molecule has 7 nitrogen and oxygen atoms in total. The molecule has 1 atom stereocenters. The third kappa shape index (κ3) is 4.66. The average molecular weight is 306 g/mol. The molecule has 0 spiro atoms. The van der Waals surface area contributed by atoms with Crippen molar-refractivity contribution in [2.45, 2.75) is 45.2 Å². The molecule has 1 aliphatic heterocycles. The van der Waals surface area contributed by atoms with Crippen LogP contribution in [0.2, 0.25) is 0 Å². The fourth-order valence-electron chi connectivity index (χ4n) is 2.27. The van der Waals surface area contributed by atoms with E-state index in [9.17, 15) is 18.0 Å². The van der Waals surface area contributed by atoms with Crippen LogP contribution in [0.1, 0.15) is 33.1 Å². The Labute approximate surface area is 119 Å². The van der Waals surface area contributed by atoms with Gasteiger partial charge < -0.3 is 15.3 Å². The van der Waals surface area contributed by atoms with Crippen LogP contribution < -0.4 is 5.32 Å². The molecule has 0 aliphatic carbocycles. The Morgan fingerprint density at radius 1 is 1.35 bits per heavy atom. The summed E-state index contributed by atoms with van der Waals surface area (Å²) in [5, 5.41) is 11.7. The number of aliphatic carboxylic acids is 1. The molecule has 1 unspecified atom stereocenters. The minimum Gasteiger partial charge on any atom is -0.481 e. The summed E-state index contributed by atoms with van der Waals surface area (Å²) in [4.78, 5) is 24.3. The number of carbonyl (C=O) groups excluding carboxylic acids is 1. The van der Waals surface area contributed by atoms with Crippen molar-refractivity contribution in [3.63, 3.8) is 0 Å². The molecule has 20 heavy (non-hydrogen) atoms. The summed E-state index contributed by atoms with van der Waals surface area (Å²) < 4.78 is 23.2. The van der Waals surface area contributed by atoms with Gasteiger partial charge >= 0.3 is 12.0 Å². The van der Waals surface area contributed by atoms with Crippen molar-refractivity contribution >= 4 is 21.8 Å². The first-order valence-corrected chi connectivity index (χ1v) is 8.60. The van der Waals surface area contributed by atoms with Gasteiger partial charge in [0.1, 0.15) is 0 Å². The highest BCUT2D eigenvalue weighted by atomic mass is 32.2. The largest absolute Gasteiger partial charge is 0.481 e. The predicted octanol–water partition coefficient (Wildman–Crippen LogP) is 0.458. The predicted molar refractivity (Wildman–Crippen MR) is 74.3 cm³/mol. The van der Waals surface area contributed by atoms with Crippen molar-refractivity contribution < 1.29 is 23.1 Å². The molecule has 1 rings (SSSR count). The van der Waals surface area contributed by atoms with E-state index in [-0.39, 0.29) is 36.5 Å². The minimum absolute atomic E-state index is 0.0199. The number of sulfone groups is 1. The van der Waals surface area contributed by atoms with Gasteiger partial charge in [-0.1, -0.05) is 13.8 Å². The molecule has 1 saturated heterocycles. The maximum Gasteiger partial charge on any atom is 0.317 e. The molecule has 0 saturated carbocycles. The lowest BCUT2D eigenvalue weighted by atomic mass is 10.1. The molecule has 116 valence electrons. The van der Waals surface area contributed by atoms with Gasteiger partial charge in [0.25, 0.3) is 0 Å². The lowest BCUT2D eigenvalue weighted by Crippen LogP contribution is -2.56. The summed E-state index contributed by atoms with van der Waals surface area (Å²) in [6.07, 6.45) is 1.20. The molecule has 0 aromatic rings. The molecule has 8 heteroatoms. The quantitative estimate of drug-likeness (QED) is 0.768. The fraction of sp³-hybridized carbons (Fsp3) is 0.833. The lowest BCUT2D eigenvalue weighted by molar-refractivity contribution is -0.138. The van der Waals surface area contributed by atoms with Gasteiger partial charge in [-0.2, -0.15) is 0 Å². The third-order valence-corrected chi connectivity index (χ3v) is 5.21.